The largest absolute Gasteiger partial charge is 0.417 e. The van der Waals surface area contributed by atoms with E-state index in [1.807, 2.05) is 19.0 Å². The van der Waals surface area contributed by atoms with Crippen LogP contribution in [0.3, 0.4) is 0 Å². The van der Waals surface area contributed by atoms with Crippen LogP contribution in [0.25, 0.3) is 10.9 Å². The first-order valence-corrected chi connectivity index (χ1v) is 11.7. The Bertz CT molecular complexity index is 1320. The van der Waals surface area contributed by atoms with Gasteiger partial charge in [0.1, 0.15) is 0 Å². The van der Waals surface area contributed by atoms with E-state index in [0.717, 1.165) is 19.0 Å². The van der Waals surface area contributed by atoms with Gasteiger partial charge >= 0.3 is 6.18 Å². The fourth-order valence-electron chi connectivity index (χ4n) is 4.42. The number of aromatic amines is 1. The molecular weight excluding hydrogens is 486 g/mol. The van der Waals surface area contributed by atoms with Crippen LogP contribution in [0.5, 0.6) is 0 Å². The van der Waals surface area contributed by atoms with Crippen molar-refractivity contribution in [2.75, 3.05) is 27.2 Å². The summed E-state index contributed by atoms with van der Waals surface area (Å²) in [6.07, 6.45) is -3.00. The van der Waals surface area contributed by atoms with Crippen molar-refractivity contribution in [2.45, 2.75) is 31.4 Å². The molecule has 1 heterocycles. The zero-order valence-corrected chi connectivity index (χ0v) is 20.3. The third kappa shape index (κ3) is 5.16. The van der Waals surface area contributed by atoms with E-state index < -0.39 is 11.7 Å². The summed E-state index contributed by atoms with van der Waals surface area (Å²) in [6, 6.07) is 9.07. The lowest BCUT2D eigenvalue weighted by molar-refractivity contribution is -0.137. The van der Waals surface area contributed by atoms with Crippen LogP contribution in [0.15, 0.2) is 46.2 Å². The molecule has 4 rings (SSSR count). The molecular formula is C25H24Cl2F3N3O. The average Bonchev–Trinajstić information content (AvgIpc) is 2.76. The third-order valence-electron chi connectivity index (χ3n) is 6.05. The quantitative estimate of drug-likeness (QED) is 0.408. The van der Waals surface area contributed by atoms with Gasteiger partial charge in [-0.05, 0) is 81.7 Å². The Labute approximate surface area is 205 Å². The molecule has 1 aliphatic rings. The number of H-pyrrole nitrogens is 1. The van der Waals surface area contributed by atoms with Crippen molar-refractivity contribution in [2.24, 2.45) is 4.99 Å². The van der Waals surface area contributed by atoms with Gasteiger partial charge in [0.05, 0.1) is 16.1 Å². The molecule has 3 aromatic rings. The van der Waals surface area contributed by atoms with Crippen LogP contribution in [-0.4, -0.2) is 42.8 Å². The van der Waals surface area contributed by atoms with Gasteiger partial charge in [-0.15, -0.1) is 0 Å². The van der Waals surface area contributed by atoms with Crippen LogP contribution in [0.1, 0.15) is 41.1 Å². The minimum Gasteiger partial charge on any atom is -0.358 e. The summed E-state index contributed by atoms with van der Waals surface area (Å²) in [5.41, 5.74) is 1.91. The maximum absolute atomic E-state index is 13.5. The number of benzene rings is 2. The number of rotatable bonds is 5. The molecule has 1 aliphatic carbocycles. The number of fused-ring (bicyclic) bond motifs is 2. The Kier molecular flexibility index (Phi) is 7.08. The summed E-state index contributed by atoms with van der Waals surface area (Å²) in [5.74, 6) is -0.279. The van der Waals surface area contributed by atoms with Crippen LogP contribution in [0, 0.1) is 0 Å². The van der Waals surface area contributed by atoms with E-state index in [0.29, 0.717) is 57.8 Å². The van der Waals surface area contributed by atoms with E-state index in [-0.39, 0.29) is 16.4 Å². The lowest BCUT2D eigenvalue weighted by Crippen LogP contribution is -2.29. The molecule has 0 spiro atoms. The van der Waals surface area contributed by atoms with Crippen LogP contribution < -0.4 is 5.43 Å². The molecule has 180 valence electrons. The van der Waals surface area contributed by atoms with Gasteiger partial charge in [-0.1, -0.05) is 29.3 Å². The lowest BCUT2D eigenvalue weighted by atomic mass is 9.80. The molecule has 1 N–H and O–H groups in total. The van der Waals surface area contributed by atoms with Gasteiger partial charge in [0.15, 0.2) is 5.43 Å². The zero-order valence-electron chi connectivity index (χ0n) is 18.8. The summed E-state index contributed by atoms with van der Waals surface area (Å²) in [5, 5.41) is 0.592. The normalized spacial score (nSPS) is 17.5. The van der Waals surface area contributed by atoms with Crippen LogP contribution in [0.4, 0.5) is 13.2 Å². The van der Waals surface area contributed by atoms with E-state index in [1.54, 1.807) is 24.3 Å². The van der Waals surface area contributed by atoms with E-state index in [1.165, 1.54) is 6.07 Å². The molecule has 0 aliphatic heterocycles. The Hall–Kier alpha value is -2.35. The standard InChI is InChI=1S/C25H24Cl2F3N3O/c1-33(2)9-3-8-31-21-11-15(14-4-6-19(27)18(10-14)25(28,29)30)12-22-23(21)24(34)17-13-16(26)5-7-20(17)32-22/h4-7,10,13,15H,3,8-9,11-12H2,1-2H3,(H,32,34). The minimum absolute atomic E-state index is 0.164. The highest BCUT2D eigenvalue weighted by molar-refractivity contribution is 6.31. The second-order valence-corrected chi connectivity index (χ2v) is 9.67. The molecule has 34 heavy (non-hydrogen) atoms. The van der Waals surface area contributed by atoms with Crippen LogP contribution in [0.2, 0.25) is 10.0 Å². The number of alkyl halides is 3. The number of hydrogen-bond acceptors (Lipinski definition) is 3. The van der Waals surface area contributed by atoms with Crippen LogP contribution >= 0.6 is 23.2 Å². The fraction of sp³-hybridized carbons (Fsp3) is 0.360. The molecule has 0 radical (unpaired) electrons. The minimum atomic E-state index is -4.55. The van der Waals surface area contributed by atoms with E-state index in [2.05, 4.69) is 4.98 Å². The molecule has 0 saturated heterocycles. The van der Waals surface area contributed by atoms with Gasteiger partial charge in [-0.3, -0.25) is 9.79 Å². The smallest absolute Gasteiger partial charge is 0.358 e. The number of aliphatic imine (C=N–C) groups is 1. The molecule has 9 heteroatoms. The van der Waals surface area contributed by atoms with Gasteiger partial charge in [-0.25, -0.2) is 0 Å². The Morgan fingerprint density at radius 2 is 1.88 bits per heavy atom. The van der Waals surface area contributed by atoms with Crippen molar-refractivity contribution in [1.29, 1.82) is 0 Å². The maximum Gasteiger partial charge on any atom is 0.417 e. The summed E-state index contributed by atoms with van der Waals surface area (Å²) < 4.78 is 40.4. The van der Waals surface area contributed by atoms with E-state index >= 15 is 0 Å². The molecule has 2 aromatic carbocycles. The predicted molar refractivity (Wildman–Crippen MR) is 132 cm³/mol. The SMILES string of the molecule is CN(C)CCCN=C1CC(c2ccc(Cl)c(C(F)(F)F)c2)Cc2[nH]c3ccc(Cl)cc3c(=O)c21. The molecule has 1 atom stereocenters. The predicted octanol–water partition coefficient (Wildman–Crippen LogP) is 6.32. The van der Waals surface area contributed by atoms with E-state index in [4.69, 9.17) is 28.2 Å². The third-order valence-corrected chi connectivity index (χ3v) is 6.62. The van der Waals surface area contributed by atoms with Crippen LogP contribution in [-0.2, 0) is 12.6 Å². The first kappa shape index (κ1) is 24.8. The number of nitrogens with one attached hydrogen (secondary N) is 1. The van der Waals surface area contributed by atoms with Crippen molar-refractivity contribution in [1.82, 2.24) is 9.88 Å². The average molecular weight is 510 g/mol. The number of hydrogen-bond donors (Lipinski definition) is 1. The summed E-state index contributed by atoms with van der Waals surface area (Å²) >= 11 is 12.0. The highest BCUT2D eigenvalue weighted by Crippen LogP contribution is 2.39. The first-order valence-electron chi connectivity index (χ1n) is 10.9. The van der Waals surface area contributed by atoms with Crippen molar-refractivity contribution in [3.8, 4) is 0 Å². The summed E-state index contributed by atoms with van der Waals surface area (Å²) in [4.78, 5) is 23.5. The topological polar surface area (TPSA) is 48.5 Å². The first-order chi connectivity index (χ1) is 16.0. The maximum atomic E-state index is 13.5. The second kappa shape index (κ2) is 9.72. The van der Waals surface area contributed by atoms with Gasteiger partial charge in [0.25, 0.3) is 0 Å². The number of pyridine rings is 1. The summed E-state index contributed by atoms with van der Waals surface area (Å²) in [7, 11) is 3.94. The van der Waals surface area contributed by atoms with Crippen molar-refractivity contribution < 1.29 is 13.2 Å². The van der Waals surface area contributed by atoms with Gasteiger partial charge < -0.3 is 9.88 Å². The van der Waals surface area contributed by atoms with Gasteiger partial charge in [0.2, 0.25) is 0 Å². The Balaban J connectivity index is 1.80. The second-order valence-electron chi connectivity index (χ2n) is 8.83. The summed E-state index contributed by atoms with van der Waals surface area (Å²) in [6.45, 7) is 1.35. The monoisotopic (exact) mass is 509 g/mol. The fourth-order valence-corrected chi connectivity index (χ4v) is 4.81. The highest BCUT2D eigenvalue weighted by Gasteiger charge is 2.35. The number of aromatic nitrogens is 1. The zero-order chi connectivity index (χ0) is 24.6. The number of nitrogens with zero attached hydrogens (tertiary/aromatic N) is 2. The molecule has 1 aromatic heterocycles. The van der Waals surface area contributed by atoms with Crippen molar-refractivity contribution >= 4 is 39.8 Å². The van der Waals surface area contributed by atoms with Crippen molar-refractivity contribution in [3.63, 3.8) is 0 Å². The van der Waals surface area contributed by atoms with Gasteiger partial charge in [-0.2, -0.15) is 13.2 Å². The van der Waals surface area contributed by atoms with Gasteiger partial charge in [0, 0.05) is 33.9 Å². The lowest BCUT2D eigenvalue weighted by Gasteiger charge is -2.27. The Morgan fingerprint density at radius 1 is 1.12 bits per heavy atom. The molecule has 0 amide bonds. The molecule has 0 saturated carbocycles. The molecule has 0 fully saturated rings. The van der Waals surface area contributed by atoms with Crippen molar-refractivity contribution in [3.05, 3.63) is 79.1 Å². The highest BCUT2D eigenvalue weighted by atomic mass is 35.5. The van der Waals surface area contributed by atoms with E-state index in [9.17, 15) is 18.0 Å². The number of halogens is 5. The molecule has 4 nitrogen and oxygen atoms in total. The Morgan fingerprint density at radius 3 is 2.59 bits per heavy atom. The molecule has 0 bridgehead atoms. The molecule has 1 unspecified atom stereocenters.